The van der Waals surface area contributed by atoms with Gasteiger partial charge in [-0.3, -0.25) is 14.6 Å². The van der Waals surface area contributed by atoms with Crippen molar-refractivity contribution in [3.05, 3.63) is 47.9 Å². The normalized spacial score (nSPS) is 15.2. The highest BCUT2D eigenvalue weighted by Gasteiger charge is 2.24. The quantitative estimate of drug-likeness (QED) is 0.604. The minimum Gasteiger partial charge on any atom is -0.459 e. The summed E-state index contributed by atoms with van der Waals surface area (Å²) >= 11 is 1.57. The monoisotopic (exact) mass is 399 g/mol. The van der Waals surface area contributed by atoms with Gasteiger partial charge in [0.25, 0.3) is 5.91 Å². The van der Waals surface area contributed by atoms with E-state index in [9.17, 15) is 4.79 Å². The number of carbonyl (C=O) groups excluding carboxylic acids is 1. The third kappa shape index (κ3) is 4.11. The van der Waals surface area contributed by atoms with Crippen molar-refractivity contribution in [2.75, 3.05) is 44.3 Å². The van der Waals surface area contributed by atoms with Gasteiger partial charge in [0.15, 0.2) is 10.9 Å². The van der Waals surface area contributed by atoms with E-state index in [1.807, 2.05) is 0 Å². The number of amides is 1. The van der Waals surface area contributed by atoms with Crippen LogP contribution in [0.15, 0.2) is 41.0 Å². The van der Waals surface area contributed by atoms with Crippen LogP contribution in [0.3, 0.4) is 0 Å². The minimum absolute atomic E-state index is 0.135. The second kappa shape index (κ2) is 8.86. The minimum atomic E-state index is -0.135. The summed E-state index contributed by atoms with van der Waals surface area (Å²) in [6, 6.07) is 9.68. The maximum atomic E-state index is 13.1. The molecule has 28 heavy (non-hydrogen) atoms. The van der Waals surface area contributed by atoms with Crippen molar-refractivity contribution >= 4 is 32.6 Å². The molecular weight excluding hydrogens is 374 g/mol. The number of para-hydroxylation sites is 1. The Morgan fingerprint density at radius 3 is 2.86 bits per heavy atom. The Hall–Kier alpha value is -2.22. The number of rotatable bonds is 7. The van der Waals surface area contributed by atoms with Crippen LogP contribution in [0.4, 0.5) is 5.13 Å². The van der Waals surface area contributed by atoms with Crippen LogP contribution in [-0.2, 0) is 11.2 Å². The molecule has 4 rings (SSSR count). The van der Waals surface area contributed by atoms with Crippen molar-refractivity contribution in [3.8, 4) is 0 Å². The molecule has 2 aromatic heterocycles. The van der Waals surface area contributed by atoms with E-state index in [1.54, 1.807) is 28.4 Å². The molecule has 0 aliphatic carbocycles. The Morgan fingerprint density at radius 2 is 2.11 bits per heavy atom. The van der Waals surface area contributed by atoms with Crippen LogP contribution in [0.1, 0.15) is 29.5 Å². The van der Waals surface area contributed by atoms with E-state index in [0.29, 0.717) is 12.3 Å². The number of nitrogens with zero attached hydrogens (tertiary/aromatic N) is 3. The van der Waals surface area contributed by atoms with Gasteiger partial charge < -0.3 is 9.15 Å². The van der Waals surface area contributed by atoms with Gasteiger partial charge in [-0.05, 0) is 36.6 Å². The van der Waals surface area contributed by atoms with Gasteiger partial charge >= 0.3 is 0 Å². The average Bonchev–Trinajstić information content (AvgIpc) is 3.41. The summed E-state index contributed by atoms with van der Waals surface area (Å²) in [4.78, 5) is 22.1. The summed E-state index contributed by atoms with van der Waals surface area (Å²) in [7, 11) is 0. The fraction of sp³-hybridized carbons (Fsp3) is 0.429. The Labute approximate surface area is 168 Å². The van der Waals surface area contributed by atoms with Crippen LogP contribution in [0, 0.1) is 0 Å². The number of hydrogen-bond donors (Lipinski definition) is 0. The predicted octanol–water partition coefficient (Wildman–Crippen LogP) is 3.82. The molecule has 0 radical (unpaired) electrons. The molecule has 3 aromatic rings. The molecule has 0 saturated carbocycles. The van der Waals surface area contributed by atoms with Gasteiger partial charge in [0.1, 0.15) is 0 Å². The lowest BCUT2D eigenvalue weighted by molar-refractivity contribution is 0.0376. The molecule has 1 aliphatic rings. The molecule has 148 valence electrons. The Morgan fingerprint density at radius 1 is 1.25 bits per heavy atom. The largest absolute Gasteiger partial charge is 0.459 e. The first-order chi connectivity index (χ1) is 13.8. The van der Waals surface area contributed by atoms with Gasteiger partial charge in [0, 0.05) is 26.2 Å². The molecule has 1 fully saturated rings. The van der Waals surface area contributed by atoms with Crippen LogP contribution in [0.5, 0.6) is 0 Å². The fourth-order valence-electron chi connectivity index (χ4n) is 3.49. The Kier molecular flexibility index (Phi) is 6.04. The van der Waals surface area contributed by atoms with Crippen molar-refractivity contribution in [2.45, 2.75) is 19.8 Å². The second-order valence-corrected chi connectivity index (χ2v) is 7.86. The van der Waals surface area contributed by atoms with Gasteiger partial charge in [-0.25, -0.2) is 4.98 Å². The van der Waals surface area contributed by atoms with Crippen molar-refractivity contribution in [2.24, 2.45) is 0 Å². The summed E-state index contributed by atoms with van der Waals surface area (Å²) in [6.07, 6.45) is 3.33. The number of morpholine rings is 1. The lowest BCUT2D eigenvalue weighted by atomic mass is 10.1. The lowest BCUT2D eigenvalue weighted by Gasteiger charge is -2.27. The van der Waals surface area contributed by atoms with Crippen LogP contribution in [-0.4, -0.2) is 55.2 Å². The van der Waals surface area contributed by atoms with Crippen molar-refractivity contribution in [1.82, 2.24) is 9.88 Å². The lowest BCUT2D eigenvalue weighted by Crippen LogP contribution is -2.39. The zero-order valence-electron chi connectivity index (χ0n) is 16.1. The highest BCUT2D eigenvalue weighted by Crippen LogP contribution is 2.32. The van der Waals surface area contributed by atoms with E-state index in [1.165, 1.54) is 11.8 Å². The molecule has 0 spiro atoms. The number of carbonyl (C=O) groups is 1. The molecule has 1 aromatic carbocycles. The van der Waals surface area contributed by atoms with E-state index < -0.39 is 0 Å². The molecule has 0 bridgehead atoms. The summed E-state index contributed by atoms with van der Waals surface area (Å²) in [5, 5.41) is 0.735. The molecular formula is C21H25N3O3S. The third-order valence-electron chi connectivity index (χ3n) is 5.04. The standard InChI is InChI=1S/C21H25N3O3S/c1-2-16-6-3-8-18-19(16)22-21(28-18)24(20(25)17-7-4-13-27-17)10-5-9-23-11-14-26-15-12-23/h3-4,6-8,13H,2,5,9-12,14-15H2,1H3. The van der Waals surface area contributed by atoms with Crippen LogP contribution in [0.25, 0.3) is 10.2 Å². The third-order valence-corrected chi connectivity index (χ3v) is 6.08. The van der Waals surface area contributed by atoms with E-state index in [-0.39, 0.29) is 5.91 Å². The zero-order valence-corrected chi connectivity index (χ0v) is 16.9. The SMILES string of the molecule is CCc1cccc2sc(N(CCCN3CCOCC3)C(=O)c3ccco3)nc12. The number of thiazole rings is 1. The summed E-state index contributed by atoms with van der Waals surface area (Å²) in [5.41, 5.74) is 2.20. The predicted molar refractivity (Wildman–Crippen MR) is 111 cm³/mol. The van der Waals surface area contributed by atoms with E-state index in [4.69, 9.17) is 14.1 Å². The van der Waals surface area contributed by atoms with E-state index in [0.717, 1.165) is 61.0 Å². The number of ether oxygens (including phenoxy) is 1. The molecule has 3 heterocycles. The molecule has 0 unspecified atom stereocenters. The Bertz CT molecular complexity index is 916. The average molecular weight is 400 g/mol. The van der Waals surface area contributed by atoms with Crippen LogP contribution in [0.2, 0.25) is 0 Å². The molecule has 6 nitrogen and oxygen atoms in total. The van der Waals surface area contributed by atoms with Crippen molar-refractivity contribution in [1.29, 1.82) is 0 Å². The smallest absolute Gasteiger partial charge is 0.295 e. The number of aryl methyl sites for hydroxylation is 1. The number of furan rings is 1. The van der Waals surface area contributed by atoms with Gasteiger partial charge in [0.05, 0.1) is 29.7 Å². The van der Waals surface area contributed by atoms with Crippen LogP contribution < -0.4 is 4.90 Å². The van der Waals surface area contributed by atoms with E-state index in [2.05, 4.69) is 30.0 Å². The molecule has 0 N–H and O–H groups in total. The molecule has 1 saturated heterocycles. The number of benzene rings is 1. The van der Waals surface area contributed by atoms with E-state index >= 15 is 0 Å². The molecule has 1 amide bonds. The maximum Gasteiger partial charge on any atom is 0.295 e. The number of anilines is 1. The van der Waals surface area contributed by atoms with Gasteiger partial charge in [-0.1, -0.05) is 30.4 Å². The Balaban J connectivity index is 1.56. The van der Waals surface area contributed by atoms with Gasteiger partial charge in [-0.2, -0.15) is 0 Å². The summed E-state index contributed by atoms with van der Waals surface area (Å²) in [6.45, 7) is 7.15. The van der Waals surface area contributed by atoms with Crippen molar-refractivity contribution in [3.63, 3.8) is 0 Å². The number of aromatic nitrogens is 1. The molecule has 0 atom stereocenters. The van der Waals surface area contributed by atoms with Gasteiger partial charge in [0.2, 0.25) is 0 Å². The molecule has 1 aliphatic heterocycles. The maximum absolute atomic E-state index is 13.1. The second-order valence-electron chi connectivity index (χ2n) is 6.86. The number of hydrogen-bond acceptors (Lipinski definition) is 6. The topological polar surface area (TPSA) is 58.8 Å². The first-order valence-electron chi connectivity index (χ1n) is 9.80. The highest BCUT2D eigenvalue weighted by atomic mass is 32.1. The first-order valence-corrected chi connectivity index (χ1v) is 10.6. The number of fused-ring (bicyclic) bond motifs is 1. The zero-order chi connectivity index (χ0) is 19.3. The summed E-state index contributed by atoms with van der Waals surface area (Å²) < 4.78 is 11.9. The van der Waals surface area contributed by atoms with Crippen LogP contribution >= 0.6 is 11.3 Å². The molecule has 7 heteroatoms. The van der Waals surface area contributed by atoms with Crippen molar-refractivity contribution < 1.29 is 13.9 Å². The highest BCUT2D eigenvalue weighted by molar-refractivity contribution is 7.22. The first kappa shape index (κ1) is 19.1. The summed E-state index contributed by atoms with van der Waals surface area (Å²) in [5.74, 6) is 0.213. The van der Waals surface area contributed by atoms with Gasteiger partial charge in [-0.15, -0.1) is 0 Å². The fourth-order valence-corrected chi connectivity index (χ4v) is 4.53.